The summed E-state index contributed by atoms with van der Waals surface area (Å²) in [6.07, 6.45) is 2.61. The van der Waals surface area contributed by atoms with Crippen molar-refractivity contribution >= 4 is 11.0 Å². The van der Waals surface area contributed by atoms with Crippen molar-refractivity contribution in [3.8, 4) is 0 Å². The van der Waals surface area contributed by atoms with Gasteiger partial charge >= 0.3 is 0 Å². The van der Waals surface area contributed by atoms with Crippen molar-refractivity contribution < 1.29 is 4.42 Å². The Morgan fingerprint density at radius 3 is 2.93 bits per heavy atom. The summed E-state index contributed by atoms with van der Waals surface area (Å²) >= 11 is 0. The first-order valence-corrected chi connectivity index (χ1v) is 5.10. The molecule has 0 bridgehead atoms. The van der Waals surface area contributed by atoms with Gasteiger partial charge in [0.1, 0.15) is 11.3 Å². The molecule has 1 aromatic heterocycles. The number of nitrogens with two attached hydrogens (primary N) is 1. The third-order valence-electron chi connectivity index (χ3n) is 2.84. The molecule has 0 aliphatic heterocycles. The van der Waals surface area contributed by atoms with E-state index in [0.717, 1.165) is 17.3 Å². The monoisotopic (exact) mass is 187 g/mol. The van der Waals surface area contributed by atoms with Crippen LogP contribution in [0.2, 0.25) is 0 Å². The first-order valence-electron chi connectivity index (χ1n) is 5.10. The zero-order chi connectivity index (χ0) is 9.54. The molecule has 0 spiro atoms. The molecule has 1 aliphatic rings. The zero-order valence-electron chi connectivity index (χ0n) is 7.99. The summed E-state index contributed by atoms with van der Waals surface area (Å²) in [6.45, 7) is 0.485. The number of hydrogen-bond donors (Lipinski definition) is 1. The van der Waals surface area contributed by atoms with Gasteiger partial charge in [0, 0.05) is 5.39 Å². The van der Waals surface area contributed by atoms with Gasteiger partial charge in [-0.15, -0.1) is 0 Å². The molecule has 2 nitrogen and oxygen atoms in total. The van der Waals surface area contributed by atoms with Gasteiger partial charge in [0.25, 0.3) is 0 Å². The van der Waals surface area contributed by atoms with E-state index in [1.165, 1.54) is 23.8 Å². The second-order valence-electron chi connectivity index (χ2n) is 3.96. The first kappa shape index (κ1) is 8.06. The van der Waals surface area contributed by atoms with E-state index >= 15 is 0 Å². The Balaban J connectivity index is 2.23. The molecule has 1 saturated carbocycles. The standard InChI is InChI=1S/C12H13NO/c13-7-10-6-9-2-1-3-11(8-4-5-8)12(9)14-10/h1-3,6,8H,4-5,7,13H2. The molecule has 1 aromatic carbocycles. The normalized spacial score (nSPS) is 16.4. The van der Waals surface area contributed by atoms with Crippen LogP contribution < -0.4 is 5.73 Å². The first-order chi connectivity index (χ1) is 6.88. The fourth-order valence-corrected chi connectivity index (χ4v) is 1.96. The third kappa shape index (κ3) is 1.15. The summed E-state index contributed by atoms with van der Waals surface area (Å²) in [4.78, 5) is 0. The van der Waals surface area contributed by atoms with Crippen LogP contribution in [0.25, 0.3) is 11.0 Å². The molecule has 0 amide bonds. The lowest BCUT2D eigenvalue weighted by molar-refractivity contribution is 0.549. The van der Waals surface area contributed by atoms with Gasteiger partial charge < -0.3 is 10.2 Å². The molecule has 0 radical (unpaired) electrons. The maximum Gasteiger partial charge on any atom is 0.137 e. The van der Waals surface area contributed by atoms with E-state index in [2.05, 4.69) is 18.2 Å². The number of benzene rings is 1. The number of rotatable bonds is 2. The van der Waals surface area contributed by atoms with Crippen molar-refractivity contribution in [1.29, 1.82) is 0 Å². The molecule has 0 unspecified atom stereocenters. The predicted octanol–water partition coefficient (Wildman–Crippen LogP) is 2.77. The van der Waals surface area contributed by atoms with E-state index in [0.29, 0.717) is 6.54 Å². The Labute approximate surface area is 82.7 Å². The van der Waals surface area contributed by atoms with Gasteiger partial charge in [-0.05, 0) is 30.4 Å². The second-order valence-corrected chi connectivity index (χ2v) is 3.96. The Bertz CT molecular complexity index is 468. The van der Waals surface area contributed by atoms with Crippen LogP contribution in [0.1, 0.15) is 30.1 Å². The van der Waals surface area contributed by atoms with Gasteiger partial charge in [0.2, 0.25) is 0 Å². The average Bonchev–Trinajstić information content (AvgIpc) is 2.96. The topological polar surface area (TPSA) is 39.2 Å². The minimum absolute atomic E-state index is 0.485. The average molecular weight is 187 g/mol. The molecular formula is C12H13NO. The lowest BCUT2D eigenvalue weighted by Crippen LogP contribution is -1.92. The van der Waals surface area contributed by atoms with Crippen molar-refractivity contribution in [3.63, 3.8) is 0 Å². The molecule has 3 rings (SSSR count). The number of furan rings is 1. The minimum Gasteiger partial charge on any atom is -0.459 e. The lowest BCUT2D eigenvalue weighted by atomic mass is 10.1. The minimum atomic E-state index is 0.485. The molecule has 2 aromatic rings. The van der Waals surface area contributed by atoms with Gasteiger partial charge in [-0.2, -0.15) is 0 Å². The smallest absolute Gasteiger partial charge is 0.137 e. The van der Waals surface area contributed by atoms with Crippen LogP contribution in [0.5, 0.6) is 0 Å². The largest absolute Gasteiger partial charge is 0.459 e. The number of fused-ring (bicyclic) bond motifs is 1. The van der Waals surface area contributed by atoms with Crippen LogP contribution in [0.15, 0.2) is 28.7 Å². The maximum absolute atomic E-state index is 5.72. The molecule has 1 fully saturated rings. The summed E-state index contributed by atoms with van der Waals surface area (Å²) in [7, 11) is 0. The fourth-order valence-electron chi connectivity index (χ4n) is 1.96. The Hall–Kier alpha value is -1.28. The van der Waals surface area contributed by atoms with E-state index in [4.69, 9.17) is 10.2 Å². The molecule has 2 heteroatoms. The fraction of sp³-hybridized carbons (Fsp3) is 0.333. The van der Waals surface area contributed by atoms with Crippen molar-refractivity contribution in [2.24, 2.45) is 5.73 Å². The van der Waals surface area contributed by atoms with Crippen LogP contribution in [0.3, 0.4) is 0 Å². The lowest BCUT2D eigenvalue weighted by Gasteiger charge is -1.97. The molecule has 1 aliphatic carbocycles. The summed E-state index contributed by atoms with van der Waals surface area (Å²) in [5.74, 6) is 1.61. The van der Waals surface area contributed by atoms with E-state index < -0.39 is 0 Å². The summed E-state index contributed by atoms with van der Waals surface area (Å²) in [6, 6.07) is 8.40. The third-order valence-corrected chi connectivity index (χ3v) is 2.84. The van der Waals surface area contributed by atoms with Crippen molar-refractivity contribution in [3.05, 3.63) is 35.6 Å². The van der Waals surface area contributed by atoms with E-state index in [1.807, 2.05) is 6.07 Å². The maximum atomic E-state index is 5.72. The van der Waals surface area contributed by atoms with Crippen LogP contribution in [-0.2, 0) is 6.54 Å². The highest BCUT2D eigenvalue weighted by atomic mass is 16.3. The van der Waals surface area contributed by atoms with Gasteiger partial charge in [-0.1, -0.05) is 18.2 Å². The Kier molecular flexibility index (Phi) is 1.64. The van der Waals surface area contributed by atoms with Crippen LogP contribution >= 0.6 is 0 Å². The molecule has 2 N–H and O–H groups in total. The van der Waals surface area contributed by atoms with E-state index in [-0.39, 0.29) is 0 Å². The van der Waals surface area contributed by atoms with Gasteiger partial charge in [0.05, 0.1) is 6.54 Å². The molecule has 72 valence electrons. The quantitative estimate of drug-likeness (QED) is 0.785. The number of para-hydroxylation sites is 1. The van der Waals surface area contributed by atoms with Gasteiger partial charge in [-0.25, -0.2) is 0 Å². The zero-order valence-corrected chi connectivity index (χ0v) is 7.99. The van der Waals surface area contributed by atoms with Gasteiger partial charge in [0.15, 0.2) is 0 Å². The second kappa shape index (κ2) is 2.85. The molecule has 14 heavy (non-hydrogen) atoms. The van der Waals surface area contributed by atoms with Crippen molar-refractivity contribution in [2.45, 2.75) is 25.3 Å². The van der Waals surface area contributed by atoms with Crippen molar-refractivity contribution in [1.82, 2.24) is 0 Å². The highest BCUT2D eigenvalue weighted by Gasteiger charge is 2.26. The summed E-state index contributed by atoms with van der Waals surface area (Å²) in [5.41, 5.74) is 7.98. The predicted molar refractivity (Wildman–Crippen MR) is 56.1 cm³/mol. The van der Waals surface area contributed by atoms with Crippen molar-refractivity contribution in [2.75, 3.05) is 0 Å². The molecular weight excluding hydrogens is 174 g/mol. The highest BCUT2D eigenvalue weighted by Crippen LogP contribution is 2.43. The molecule has 0 atom stereocenters. The Morgan fingerprint density at radius 1 is 1.36 bits per heavy atom. The summed E-state index contributed by atoms with van der Waals surface area (Å²) in [5, 5.41) is 1.19. The van der Waals surface area contributed by atoms with Crippen LogP contribution in [-0.4, -0.2) is 0 Å². The molecule has 1 heterocycles. The van der Waals surface area contributed by atoms with Crippen LogP contribution in [0, 0.1) is 0 Å². The summed E-state index contributed by atoms with van der Waals surface area (Å²) < 4.78 is 5.72. The number of hydrogen-bond acceptors (Lipinski definition) is 2. The highest BCUT2D eigenvalue weighted by molar-refractivity contribution is 5.82. The van der Waals surface area contributed by atoms with Crippen LogP contribution in [0.4, 0.5) is 0 Å². The Morgan fingerprint density at radius 2 is 2.21 bits per heavy atom. The SMILES string of the molecule is NCc1cc2cccc(C3CC3)c2o1. The molecule has 0 saturated heterocycles. The van der Waals surface area contributed by atoms with E-state index in [1.54, 1.807) is 0 Å². The van der Waals surface area contributed by atoms with E-state index in [9.17, 15) is 0 Å². The van der Waals surface area contributed by atoms with Gasteiger partial charge in [-0.3, -0.25) is 0 Å².